The van der Waals surface area contributed by atoms with Crippen molar-refractivity contribution >= 4 is 34.9 Å². The Balaban J connectivity index is 1.78. The summed E-state index contributed by atoms with van der Waals surface area (Å²) < 4.78 is 18.9. The molecule has 0 fully saturated rings. The third kappa shape index (κ3) is 3.09. The summed E-state index contributed by atoms with van der Waals surface area (Å²) in [5, 5.41) is 9.91. The lowest BCUT2D eigenvalue weighted by atomic mass is 10.2. The van der Waals surface area contributed by atoms with Crippen molar-refractivity contribution in [3.05, 3.63) is 51.4 Å². The molecule has 1 N–H and O–H groups in total. The average Bonchev–Trinajstić information content (AvgIpc) is 3.08. The van der Waals surface area contributed by atoms with Gasteiger partial charge in [0, 0.05) is 5.56 Å². The standard InChI is InChI=1S/C13H7ClFN3O2S/c14-10-5-4-9(21-10)11(19)16-13-18-17-12(20-13)7-2-1-3-8(15)6-7/h1-6H,(H,16,18,19). The van der Waals surface area contributed by atoms with Gasteiger partial charge in [-0.15, -0.1) is 16.4 Å². The monoisotopic (exact) mass is 323 g/mol. The third-order valence-corrected chi connectivity index (χ3v) is 3.74. The van der Waals surface area contributed by atoms with Crippen LogP contribution in [0.4, 0.5) is 10.4 Å². The summed E-state index contributed by atoms with van der Waals surface area (Å²) in [5.41, 5.74) is 0.433. The van der Waals surface area contributed by atoms with Gasteiger partial charge in [-0.2, -0.15) is 0 Å². The molecular weight excluding hydrogens is 317 g/mol. The fourth-order valence-electron chi connectivity index (χ4n) is 1.61. The van der Waals surface area contributed by atoms with Crippen LogP contribution in [0.15, 0.2) is 40.8 Å². The van der Waals surface area contributed by atoms with Crippen LogP contribution < -0.4 is 5.32 Å². The number of rotatable bonds is 3. The van der Waals surface area contributed by atoms with Crippen molar-refractivity contribution in [2.45, 2.75) is 0 Å². The molecule has 0 atom stereocenters. The van der Waals surface area contributed by atoms with Gasteiger partial charge in [-0.1, -0.05) is 22.8 Å². The van der Waals surface area contributed by atoms with Crippen molar-refractivity contribution in [1.82, 2.24) is 10.2 Å². The van der Waals surface area contributed by atoms with Gasteiger partial charge in [0.05, 0.1) is 9.21 Å². The third-order valence-electron chi connectivity index (χ3n) is 2.51. The maximum absolute atomic E-state index is 13.1. The molecule has 2 heterocycles. The molecule has 2 aromatic heterocycles. The number of thiophene rings is 1. The SMILES string of the molecule is O=C(Nc1nnc(-c2cccc(F)c2)o1)c1ccc(Cl)s1. The van der Waals surface area contributed by atoms with Gasteiger partial charge in [0.2, 0.25) is 5.89 Å². The number of aromatic nitrogens is 2. The summed E-state index contributed by atoms with van der Waals surface area (Å²) >= 11 is 6.89. The van der Waals surface area contributed by atoms with Gasteiger partial charge in [-0.3, -0.25) is 10.1 Å². The molecular formula is C13H7ClFN3O2S. The van der Waals surface area contributed by atoms with Crippen molar-refractivity contribution in [3.8, 4) is 11.5 Å². The molecule has 106 valence electrons. The number of anilines is 1. The Labute approximate surface area is 127 Å². The number of nitrogens with one attached hydrogen (secondary N) is 1. The molecule has 0 aliphatic rings. The van der Waals surface area contributed by atoms with Crippen molar-refractivity contribution in [2.24, 2.45) is 0 Å². The van der Waals surface area contributed by atoms with E-state index in [2.05, 4.69) is 15.5 Å². The molecule has 8 heteroatoms. The van der Waals surface area contributed by atoms with Crippen molar-refractivity contribution in [2.75, 3.05) is 5.32 Å². The van der Waals surface area contributed by atoms with Gasteiger partial charge in [0.1, 0.15) is 5.82 Å². The summed E-state index contributed by atoms with van der Waals surface area (Å²) in [7, 11) is 0. The normalized spacial score (nSPS) is 10.6. The summed E-state index contributed by atoms with van der Waals surface area (Å²) in [6, 6.07) is 8.87. The Hall–Kier alpha value is -2.25. The van der Waals surface area contributed by atoms with Gasteiger partial charge >= 0.3 is 6.01 Å². The maximum atomic E-state index is 13.1. The van der Waals surface area contributed by atoms with Gasteiger partial charge < -0.3 is 4.42 Å². The predicted octanol–water partition coefficient (Wildman–Crippen LogP) is 3.84. The van der Waals surface area contributed by atoms with Crippen LogP contribution in [0.3, 0.4) is 0 Å². The van der Waals surface area contributed by atoms with Crippen LogP contribution >= 0.6 is 22.9 Å². The minimum Gasteiger partial charge on any atom is -0.403 e. The van der Waals surface area contributed by atoms with Crippen molar-refractivity contribution in [1.29, 1.82) is 0 Å². The van der Waals surface area contributed by atoms with E-state index in [-0.39, 0.29) is 11.9 Å². The van der Waals surface area contributed by atoms with E-state index in [0.29, 0.717) is 14.8 Å². The van der Waals surface area contributed by atoms with Crippen LogP contribution in [-0.4, -0.2) is 16.1 Å². The van der Waals surface area contributed by atoms with E-state index < -0.39 is 11.7 Å². The lowest BCUT2D eigenvalue weighted by Crippen LogP contribution is -2.10. The Bertz CT molecular complexity index is 802. The molecule has 0 spiro atoms. The Morgan fingerprint density at radius 1 is 1.29 bits per heavy atom. The van der Waals surface area contributed by atoms with Gasteiger partial charge in [-0.25, -0.2) is 4.39 Å². The van der Waals surface area contributed by atoms with Crippen LogP contribution in [-0.2, 0) is 0 Å². The zero-order valence-corrected chi connectivity index (χ0v) is 11.9. The summed E-state index contributed by atoms with van der Waals surface area (Å²) in [4.78, 5) is 12.3. The minimum atomic E-state index is -0.412. The highest BCUT2D eigenvalue weighted by molar-refractivity contribution is 7.18. The van der Waals surface area contributed by atoms with Crippen LogP contribution in [0.5, 0.6) is 0 Å². The second-order valence-electron chi connectivity index (χ2n) is 3.98. The molecule has 0 aliphatic heterocycles. The summed E-state index contributed by atoms with van der Waals surface area (Å²) in [6.07, 6.45) is 0. The smallest absolute Gasteiger partial charge is 0.322 e. The molecule has 21 heavy (non-hydrogen) atoms. The zero-order chi connectivity index (χ0) is 14.8. The largest absolute Gasteiger partial charge is 0.403 e. The van der Waals surface area contributed by atoms with E-state index in [9.17, 15) is 9.18 Å². The number of carbonyl (C=O) groups is 1. The second-order valence-corrected chi connectivity index (χ2v) is 5.70. The fourth-order valence-corrected chi connectivity index (χ4v) is 2.55. The quantitative estimate of drug-likeness (QED) is 0.795. The lowest BCUT2D eigenvalue weighted by Gasteiger charge is -1.96. The highest BCUT2D eigenvalue weighted by Crippen LogP contribution is 2.23. The van der Waals surface area contributed by atoms with Gasteiger partial charge in [0.25, 0.3) is 5.91 Å². The molecule has 1 aromatic carbocycles. The Morgan fingerprint density at radius 3 is 2.86 bits per heavy atom. The topological polar surface area (TPSA) is 68.0 Å². The van der Waals surface area contributed by atoms with E-state index in [1.165, 1.54) is 18.2 Å². The van der Waals surface area contributed by atoms with Crippen LogP contribution in [0, 0.1) is 5.82 Å². The number of carbonyl (C=O) groups excluding carboxylic acids is 1. The first-order valence-corrected chi connectivity index (χ1v) is 6.97. The number of nitrogens with zero attached hydrogens (tertiary/aromatic N) is 2. The first-order valence-electron chi connectivity index (χ1n) is 5.78. The molecule has 0 saturated carbocycles. The van der Waals surface area contributed by atoms with Crippen LogP contribution in [0.2, 0.25) is 4.34 Å². The maximum Gasteiger partial charge on any atom is 0.322 e. The Kier molecular flexibility index (Phi) is 3.68. The first kappa shape index (κ1) is 13.7. The van der Waals surface area contributed by atoms with Crippen LogP contribution in [0.25, 0.3) is 11.5 Å². The highest BCUT2D eigenvalue weighted by Gasteiger charge is 2.14. The summed E-state index contributed by atoms with van der Waals surface area (Å²) in [5.74, 6) is -0.695. The first-order chi connectivity index (χ1) is 10.1. The van der Waals surface area contributed by atoms with E-state index in [0.717, 1.165) is 11.3 Å². The van der Waals surface area contributed by atoms with Crippen molar-refractivity contribution < 1.29 is 13.6 Å². The highest BCUT2D eigenvalue weighted by atomic mass is 35.5. The van der Waals surface area contributed by atoms with E-state index in [1.807, 2.05) is 0 Å². The van der Waals surface area contributed by atoms with Gasteiger partial charge in [0.15, 0.2) is 0 Å². The molecule has 5 nitrogen and oxygen atoms in total. The van der Waals surface area contributed by atoms with E-state index in [4.69, 9.17) is 16.0 Å². The molecule has 0 bridgehead atoms. The number of halogens is 2. The van der Waals surface area contributed by atoms with Gasteiger partial charge in [-0.05, 0) is 30.3 Å². The molecule has 0 unspecified atom stereocenters. The molecule has 3 aromatic rings. The molecule has 3 rings (SSSR count). The predicted molar refractivity (Wildman–Crippen MR) is 77.0 cm³/mol. The van der Waals surface area contributed by atoms with E-state index in [1.54, 1.807) is 18.2 Å². The average molecular weight is 324 g/mol. The Morgan fingerprint density at radius 2 is 2.14 bits per heavy atom. The molecule has 0 radical (unpaired) electrons. The zero-order valence-electron chi connectivity index (χ0n) is 10.3. The molecule has 1 amide bonds. The fraction of sp³-hybridized carbons (Fsp3) is 0. The number of hydrogen-bond acceptors (Lipinski definition) is 5. The number of amides is 1. The number of hydrogen-bond donors (Lipinski definition) is 1. The molecule has 0 saturated heterocycles. The minimum absolute atomic E-state index is 0.0659. The van der Waals surface area contributed by atoms with Crippen LogP contribution in [0.1, 0.15) is 9.67 Å². The number of benzene rings is 1. The second kappa shape index (κ2) is 5.63. The summed E-state index contributed by atoms with van der Waals surface area (Å²) in [6.45, 7) is 0. The van der Waals surface area contributed by atoms with Crippen molar-refractivity contribution in [3.63, 3.8) is 0 Å². The van der Waals surface area contributed by atoms with E-state index >= 15 is 0 Å². The molecule has 0 aliphatic carbocycles. The lowest BCUT2D eigenvalue weighted by molar-refractivity contribution is 0.102.